The Balaban J connectivity index is 1.34. The summed E-state index contributed by atoms with van der Waals surface area (Å²) >= 11 is 0. The molecular weight excluding hydrogens is 431 g/mol. The molecule has 0 aromatic heterocycles. The van der Waals surface area contributed by atoms with E-state index in [-0.39, 0.29) is 29.8 Å². The van der Waals surface area contributed by atoms with Crippen LogP contribution in [0, 0.1) is 5.82 Å². The first-order valence-corrected chi connectivity index (χ1v) is 11.7. The average Bonchev–Trinajstić information content (AvgIpc) is 2.79. The van der Waals surface area contributed by atoms with Gasteiger partial charge in [0.05, 0.1) is 11.5 Å². The topological polar surface area (TPSA) is 84.5 Å². The highest BCUT2D eigenvalue weighted by Gasteiger charge is 2.13. The van der Waals surface area contributed by atoms with Crippen molar-refractivity contribution in [2.75, 3.05) is 17.9 Å². The van der Waals surface area contributed by atoms with Gasteiger partial charge in [0.2, 0.25) is 5.91 Å². The second kappa shape index (κ2) is 11.4. The molecule has 3 rings (SSSR count). The molecule has 0 saturated carbocycles. The summed E-state index contributed by atoms with van der Waals surface area (Å²) in [4.78, 5) is 12.0. The molecular formula is C24H25FN2O4S. The number of benzene rings is 3. The zero-order valence-corrected chi connectivity index (χ0v) is 18.3. The Morgan fingerprint density at radius 2 is 1.53 bits per heavy atom. The summed E-state index contributed by atoms with van der Waals surface area (Å²) in [5.41, 5.74) is 2.33. The summed E-state index contributed by atoms with van der Waals surface area (Å²) in [6.07, 6.45) is 1.47. The smallest absolute Gasteiger partial charge is 0.261 e. The second-order valence-corrected chi connectivity index (χ2v) is 8.87. The zero-order chi connectivity index (χ0) is 22.8. The highest BCUT2D eigenvalue weighted by Crippen LogP contribution is 2.17. The molecule has 0 aliphatic heterocycles. The summed E-state index contributed by atoms with van der Waals surface area (Å²) in [7, 11) is -3.61. The Morgan fingerprint density at radius 1 is 0.875 bits per heavy atom. The molecule has 168 valence electrons. The van der Waals surface area contributed by atoms with Crippen molar-refractivity contribution in [2.24, 2.45) is 0 Å². The van der Waals surface area contributed by atoms with Crippen molar-refractivity contribution in [3.8, 4) is 0 Å². The lowest BCUT2D eigenvalue weighted by atomic mass is 10.1. The number of halogens is 1. The SMILES string of the molecule is O=C(COCc1ccc(F)cc1)NCCCc1ccc(NS(=O)(=O)c2ccccc2)cc1. The largest absolute Gasteiger partial charge is 0.367 e. The molecule has 8 heteroatoms. The fourth-order valence-electron chi connectivity index (χ4n) is 2.97. The number of anilines is 1. The van der Waals surface area contributed by atoms with E-state index in [1.165, 1.54) is 12.1 Å². The van der Waals surface area contributed by atoms with Crippen LogP contribution in [0.2, 0.25) is 0 Å². The van der Waals surface area contributed by atoms with Crippen molar-refractivity contribution < 1.29 is 22.3 Å². The van der Waals surface area contributed by atoms with Gasteiger partial charge in [-0.1, -0.05) is 42.5 Å². The normalized spacial score (nSPS) is 11.2. The maximum absolute atomic E-state index is 12.8. The third-order valence-corrected chi connectivity index (χ3v) is 6.04. The van der Waals surface area contributed by atoms with Crippen LogP contribution in [0.25, 0.3) is 0 Å². The molecule has 0 aliphatic carbocycles. The second-order valence-electron chi connectivity index (χ2n) is 7.19. The Bertz CT molecular complexity index is 1100. The van der Waals surface area contributed by atoms with Gasteiger partial charge in [-0.15, -0.1) is 0 Å². The van der Waals surface area contributed by atoms with Crippen LogP contribution in [0.1, 0.15) is 17.5 Å². The van der Waals surface area contributed by atoms with E-state index in [2.05, 4.69) is 10.0 Å². The Labute approximate surface area is 187 Å². The number of nitrogens with one attached hydrogen (secondary N) is 2. The van der Waals surface area contributed by atoms with Crippen LogP contribution in [0.3, 0.4) is 0 Å². The molecule has 0 bridgehead atoms. The summed E-state index contributed by atoms with van der Waals surface area (Å²) in [5.74, 6) is -0.521. The minimum atomic E-state index is -3.61. The molecule has 0 unspecified atom stereocenters. The fourth-order valence-corrected chi connectivity index (χ4v) is 4.05. The van der Waals surface area contributed by atoms with E-state index in [4.69, 9.17) is 4.74 Å². The van der Waals surface area contributed by atoms with E-state index in [1.54, 1.807) is 54.6 Å². The van der Waals surface area contributed by atoms with Crippen LogP contribution >= 0.6 is 0 Å². The molecule has 0 aliphatic rings. The molecule has 0 heterocycles. The molecule has 0 fully saturated rings. The molecule has 0 atom stereocenters. The van der Waals surface area contributed by atoms with E-state index < -0.39 is 10.0 Å². The molecule has 2 N–H and O–H groups in total. The molecule has 6 nitrogen and oxygen atoms in total. The first kappa shape index (κ1) is 23.4. The van der Waals surface area contributed by atoms with Crippen molar-refractivity contribution in [2.45, 2.75) is 24.3 Å². The highest BCUT2D eigenvalue weighted by molar-refractivity contribution is 7.92. The Kier molecular flexibility index (Phi) is 8.35. The summed E-state index contributed by atoms with van der Waals surface area (Å²) in [6.45, 7) is 0.683. The average molecular weight is 457 g/mol. The quantitative estimate of drug-likeness (QED) is 0.429. The maximum Gasteiger partial charge on any atom is 0.261 e. The number of sulfonamides is 1. The van der Waals surface area contributed by atoms with Gasteiger partial charge < -0.3 is 10.1 Å². The zero-order valence-electron chi connectivity index (χ0n) is 17.5. The number of carbonyl (C=O) groups excluding carboxylic acids is 1. The number of carbonyl (C=O) groups is 1. The maximum atomic E-state index is 12.8. The summed E-state index contributed by atoms with van der Waals surface area (Å²) in [5, 5.41) is 2.79. The van der Waals surface area contributed by atoms with Gasteiger partial charge in [-0.25, -0.2) is 12.8 Å². The van der Waals surface area contributed by atoms with Gasteiger partial charge in [-0.05, 0) is 60.4 Å². The van der Waals surface area contributed by atoms with Crippen LogP contribution in [0.5, 0.6) is 0 Å². The van der Waals surface area contributed by atoms with E-state index in [0.717, 1.165) is 24.0 Å². The van der Waals surface area contributed by atoms with Crippen molar-refractivity contribution in [3.63, 3.8) is 0 Å². The summed E-state index contributed by atoms with van der Waals surface area (Å²) in [6, 6.07) is 21.3. The van der Waals surface area contributed by atoms with Gasteiger partial charge in [0.1, 0.15) is 12.4 Å². The van der Waals surface area contributed by atoms with Crippen LogP contribution < -0.4 is 10.0 Å². The van der Waals surface area contributed by atoms with E-state index in [1.807, 2.05) is 12.1 Å². The third kappa shape index (κ3) is 7.47. The van der Waals surface area contributed by atoms with Gasteiger partial charge in [0, 0.05) is 12.2 Å². The van der Waals surface area contributed by atoms with Crippen molar-refractivity contribution in [1.82, 2.24) is 5.32 Å². The van der Waals surface area contributed by atoms with E-state index in [0.29, 0.717) is 12.2 Å². The lowest BCUT2D eigenvalue weighted by molar-refractivity contribution is -0.126. The van der Waals surface area contributed by atoms with Crippen LogP contribution in [-0.2, 0) is 32.6 Å². The number of ether oxygens (including phenoxy) is 1. The number of hydrogen-bond donors (Lipinski definition) is 2. The van der Waals surface area contributed by atoms with E-state index in [9.17, 15) is 17.6 Å². The van der Waals surface area contributed by atoms with Gasteiger partial charge in [-0.2, -0.15) is 0 Å². The third-order valence-electron chi connectivity index (χ3n) is 4.64. The molecule has 0 saturated heterocycles. The minimum Gasteiger partial charge on any atom is -0.367 e. The van der Waals surface area contributed by atoms with Crippen LogP contribution in [0.15, 0.2) is 83.8 Å². The van der Waals surface area contributed by atoms with Gasteiger partial charge in [0.15, 0.2) is 0 Å². The standard InChI is InChI=1S/C24H25FN2O4S/c25-21-12-8-20(9-13-21)17-31-18-24(28)26-16-4-5-19-10-14-22(15-11-19)27-32(29,30)23-6-2-1-3-7-23/h1-3,6-15,27H,4-5,16-18H2,(H,26,28). The lowest BCUT2D eigenvalue weighted by Gasteiger charge is -2.09. The first-order chi connectivity index (χ1) is 15.4. The molecule has 1 amide bonds. The Hall–Kier alpha value is -3.23. The van der Waals surface area contributed by atoms with Gasteiger partial charge >= 0.3 is 0 Å². The Morgan fingerprint density at radius 3 is 2.22 bits per heavy atom. The van der Waals surface area contributed by atoms with Crippen molar-refractivity contribution in [1.29, 1.82) is 0 Å². The number of amides is 1. The molecule has 3 aromatic carbocycles. The highest BCUT2D eigenvalue weighted by atomic mass is 32.2. The van der Waals surface area contributed by atoms with Crippen LogP contribution in [-0.4, -0.2) is 27.5 Å². The number of hydrogen-bond acceptors (Lipinski definition) is 4. The monoisotopic (exact) mass is 456 g/mol. The summed E-state index contributed by atoms with van der Waals surface area (Å²) < 4.78 is 45.4. The van der Waals surface area contributed by atoms with Gasteiger partial charge in [0.25, 0.3) is 10.0 Å². The molecule has 0 spiro atoms. The number of rotatable bonds is 11. The predicted molar refractivity (Wildman–Crippen MR) is 121 cm³/mol. The minimum absolute atomic E-state index is 0.0619. The molecule has 32 heavy (non-hydrogen) atoms. The predicted octanol–water partition coefficient (Wildman–Crippen LogP) is 3.89. The van der Waals surface area contributed by atoms with E-state index >= 15 is 0 Å². The van der Waals surface area contributed by atoms with Crippen molar-refractivity contribution >= 4 is 21.6 Å². The lowest BCUT2D eigenvalue weighted by Crippen LogP contribution is -2.28. The molecule has 3 aromatic rings. The van der Waals surface area contributed by atoms with Crippen molar-refractivity contribution in [3.05, 3.63) is 95.8 Å². The fraction of sp³-hybridized carbons (Fsp3) is 0.208. The van der Waals surface area contributed by atoms with Crippen LogP contribution in [0.4, 0.5) is 10.1 Å². The molecule has 0 radical (unpaired) electrons. The van der Waals surface area contributed by atoms with Gasteiger partial charge in [-0.3, -0.25) is 9.52 Å². The first-order valence-electron chi connectivity index (χ1n) is 10.2. The number of aryl methyl sites for hydroxylation is 1.